The minimum absolute atomic E-state index is 0.102. The first kappa shape index (κ1) is 21.9. The Morgan fingerprint density at radius 1 is 1.12 bits per heavy atom. The fourth-order valence-electron chi connectivity index (χ4n) is 5.32. The molecule has 174 valence electrons. The molecule has 0 bridgehead atoms. The van der Waals surface area contributed by atoms with Gasteiger partial charge in [0.2, 0.25) is 0 Å². The predicted molar refractivity (Wildman–Crippen MR) is 130 cm³/mol. The van der Waals surface area contributed by atoms with Crippen molar-refractivity contribution in [3.05, 3.63) is 51.2 Å². The maximum Gasteiger partial charge on any atom is 0.258 e. The number of nitrogens with zero attached hydrogens (tertiary/aromatic N) is 2. The number of aromatic nitrogens is 3. The summed E-state index contributed by atoms with van der Waals surface area (Å²) in [6, 6.07) is 6.25. The molecule has 0 spiro atoms. The Morgan fingerprint density at radius 3 is 2.61 bits per heavy atom. The molecule has 5 rings (SSSR count). The maximum absolute atomic E-state index is 13.1. The number of carbonyl (C=O) groups is 1. The molecule has 1 aromatic carbocycles. The van der Waals surface area contributed by atoms with Crippen molar-refractivity contribution in [3.63, 3.8) is 0 Å². The van der Waals surface area contributed by atoms with E-state index in [0.717, 1.165) is 77.9 Å². The molecular formula is C26H32N4O3. The third kappa shape index (κ3) is 3.99. The summed E-state index contributed by atoms with van der Waals surface area (Å²) in [6.45, 7) is 6.02. The second-order valence-electron chi connectivity index (χ2n) is 9.91. The van der Waals surface area contributed by atoms with Crippen LogP contribution < -0.4 is 10.9 Å². The van der Waals surface area contributed by atoms with Crippen molar-refractivity contribution in [1.82, 2.24) is 14.8 Å². The number of benzene rings is 1. The summed E-state index contributed by atoms with van der Waals surface area (Å²) in [6.07, 6.45) is 5.23. The van der Waals surface area contributed by atoms with Crippen LogP contribution in [0.15, 0.2) is 23.0 Å². The van der Waals surface area contributed by atoms with Crippen molar-refractivity contribution in [3.8, 4) is 5.69 Å². The maximum atomic E-state index is 13.1. The van der Waals surface area contributed by atoms with Crippen LogP contribution in [0, 0.1) is 6.92 Å². The summed E-state index contributed by atoms with van der Waals surface area (Å²) >= 11 is 0. The van der Waals surface area contributed by atoms with Crippen LogP contribution in [0.5, 0.6) is 0 Å². The summed E-state index contributed by atoms with van der Waals surface area (Å²) in [7, 11) is 0. The highest BCUT2D eigenvalue weighted by Gasteiger charge is 2.27. The van der Waals surface area contributed by atoms with Crippen molar-refractivity contribution < 1.29 is 9.90 Å². The second-order valence-corrected chi connectivity index (χ2v) is 9.91. The molecule has 0 radical (unpaired) electrons. The van der Waals surface area contributed by atoms with Crippen LogP contribution in [0.3, 0.4) is 0 Å². The minimum atomic E-state index is -0.237. The van der Waals surface area contributed by atoms with E-state index in [1.54, 1.807) is 0 Å². The van der Waals surface area contributed by atoms with Gasteiger partial charge in [0.1, 0.15) is 0 Å². The topological polar surface area (TPSA) is 100 Å². The standard InChI is InChI=1S/C26H32N4O3/c1-14(2)20-12-16-11-18(30-22-5-4-6-23(32)24(22)15(3)29-30)13-21(25(16)26(33)28-20)27-17-7-9-19(31)10-8-17/h11-14,17,19,27,31H,4-10H2,1-3H3,(H,28,33). The fourth-order valence-corrected chi connectivity index (χ4v) is 5.32. The molecule has 7 nitrogen and oxygen atoms in total. The number of ketones is 1. The predicted octanol–water partition coefficient (Wildman–Crippen LogP) is 4.38. The minimum Gasteiger partial charge on any atom is -0.393 e. The van der Waals surface area contributed by atoms with Gasteiger partial charge in [-0.3, -0.25) is 9.59 Å². The van der Waals surface area contributed by atoms with E-state index in [-0.39, 0.29) is 29.4 Å². The smallest absolute Gasteiger partial charge is 0.258 e. The summed E-state index contributed by atoms with van der Waals surface area (Å²) in [4.78, 5) is 28.7. The van der Waals surface area contributed by atoms with Crippen LogP contribution in [-0.4, -0.2) is 37.8 Å². The molecule has 1 fully saturated rings. The molecule has 0 atom stereocenters. The average Bonchev–Trinajstić information content (AvgIpc) is 3.12. The van der Waals surface area contributed by atoms with Gasteiger partial charge in [0.15, 0.2) is 5.78 Å². The Balaban J connectivity index is 1.68. The molecule has 3 N–H and O–H groups in total. The highest BCUT2D eigenvalue weighted by molar-refractivity contribution is 5.99. The number of pyridine rings is 1. The van der Waals surface area contributed by atoms with Crippen LogP contribution in [0.2, 0.25) is 0 Å². The van der Waals surface area contributed by atoms with E-state index >= 15 is 0 Å². The summed E-state index contributed by atoms with van der Waals surface area (Å²) in [5.41, 5.74) is 4.92. The number of aromatic amines is 1. The third-order valence-electron chi connectivity index (χ3n) is 7.12. The van der Waals surface area contributed by atoms with Gasteiger partial charge in [-0.25, -0.2) is 4.68 Å². The first-order valence-electron chi connectivity index (χ1n) is 12.1. The summed E-state index contributed by atoms with van der Waals surface area (Å²) in [5, 5.41) is 19.8. The highest BCUT2D eigenvalue weighted by atomic mass is 16.3. The largest absolute Gasteiger partial charge is 0.393 e. The molecule has 0 saturated heterocycles. The van der Waals surface area contributed by atoms with Gasteiger partial charge in [-0.15, -0.1) is 0 Å². The number of hydrogen-bond acceptors (Lipinski definition) is 5. The first-order chi connectivity index (χ1) is 15.8. The lowest BCUT2D eigenvalue weighted by Crippen LogP contribution is -2.29. The molecule has 2 aliphatic carbocycles. The van der Waals surface area contributed by atoms with Crippen LogP contribution >= 0.6 is 0 Å². The van der Waals surface area contributed by atoms with Crippen molar-refractivity contribution in [1.29, 1.82) is 0 Å². The van der Waals surface area contributed by atoms with Gasteiger partial charge in [-0.05, 0) is 75.0 Å². The van der Waals surface area contributed by atoms with Crippen molar-refractivity contribution in [2.24, 2.45) is 0 Å². The number of rotatable bonds is 4. The Hall–Kier alpha value is -2.93. The van der Waals surface area contributed by atoms with E-state index in [1.807, 2.05) is 23.7 Å². The zero-order chi connectivity index (χ0) is 23.3. The zero-order valence-corrected chi connectivity index (χ0v) is 19.6. The van der Waals surface area contributed by atoms with Gasteiger partial charge in [0.05, 0.1) is 34.1 Å². The Morgan fingerprint density at radius 2 is 1.88 bits per heavy atom. The van der Waals surface area contributed by atoms with Crippen LogP contribution in [0.1, 0.15) is 85.7 Å². The Kier molecular flexibility index (Phi) is 5.60. The van der Waals surface area contributed by atoms with Gasteiger partial charge >= 0.3 is 0 Å². The van der Waals surface area contributed by atoms with Crippen LogP contribution in [0.25, 0.3) is 16.5 Å². The number of H-pyrrole nitrogens is 1. The summed E-state index contributed by atoms with van der Waals surface area (Å²) < 4.78 is 1.90. The van der Waals surface area contributed by atoms with E-state index in [9.17, 15) is 14.7 Å². The van der Waals surface area contributed by atoms with Crippen LogP contribution in [0.4, 0.5) is 5.69 Å². The number of Topliss-reactive ketones (excluding diaryl/α,β-unsaturated/α-hetero) is 1. The van der Waals surface area contributed by atoms with Gasteiger partial charge in [-0.1, -0.05) is 13.8 Å². The van der Waals surface area contributed by atoms with E-state index in [0.29, 0.717) is 11.8 Å². The van der Waals surface area contributed by atoms with E-state index in [4.69, 9.17) is 5.10 Å². The van der Waals surface area contributed by atoms with Gasteiger partial charge in [0, 0.05) is 23.8 Å². The number of aryl methyl sites for hydroxylation is 1. The van der Waals surface area contributed by atoms with Crippen LogP contribution in [-0.2, 0) is 6.42 Å². The molecule has 33 heavy (non-hydrogen) atoms. The number of aliphatic hydroxyl groups excluding tert-OH is 1. The monoisotopic (exact) mass is 448 g/mol. The number of anilines is 1. The number of nitrogens with one attached hydrogen (secondary N) is 2. The second kappa shape index (κ2) is 8.45. The first-order valence-corrected chi connectivity index (χ1v) is 12.1. The van der Waals surface area contributed by atoms with Crippen molar-refractivity contribution in [2.45, 2.75) is 83.8 Å². The van der Waals surface area contributed by atoms with Gasteiger partial charge in [-0.2, -0.15) is 5.10 Å². The molecule has 0 unspecified atom stereocenters. The SMILES string of the molecule is Cc1nn(-c2cc(NC3CCC(O)CC3)c3c(=O)[nH]c(C(C)C)cc3c2)c2c1C(=O)CCC2. The number of aliphatic hydroxyl groups is 1. The molecule has 7 heteroatoms. The molecule has 2 aromatic heterocycles. The summed E-state index contributed by atoms with van der Waals surface area (Å²) in [5.74, 6) is 0.359. The van der Waals surface area contributed by atoms with E-state index < -0.39 is 0 Å². The number of fused-ring (bicyclic) bond motifs is 2. The normalized spacial score (nSPS) is 20.9. The molecule has 0 aliphatic heterocycles. The molecule has 1 saturated carbocycles. The quantitative estimate of drug-likeness (QED) is 0.550. The fraction of sp³-hybridized carbons (Fsp3) is 0.500. The van der Waals surface area contributed by atoms with Gasteiger partial charge in [0.25, 0.3) is 5.56 Å². The highest BCUT2D eigenvalue weighted by Crippen LogP contribution is 2.32. The average molecular weight is 449 g/mol. The Bertz CT molecular complexity index is 1280. The lowest BCUT2D eigenvalue weighted by molar-refractivity contribution is 0.0971. The number of hydrogen-bond donors (Lipinski definition) is 3. The molecule has 2 aliphatic rings. The number of carbonyl (C=O) groups excluding carboxylic acids is 1. The molecule has 2 heterocycles. The van der Waals surface area contributed by atoms with Gasteiger partial charge < -0.3 is 15.4 Å². The lowest BCUT2D eigenvalue weighted by atomic mass is 9.92. The van der Waals surface area contributed by atoms with Crippen molar-refractivity contribution >= 4 is 22.2 Å². The zero-order valence-electron chi connectivity index (χ0n) is 19.6. The molecule has 0 amide bonds. The third-order valence-corrected chi connectivity index (χ3v) is 7.12. The molecular weight excluding hydrogens is 416 g/mol. The van der Waals surface area contributed by atoms with Crippen molar-refractivity contribution in [2.75, 3.05) is 5.32 Å². The van der Waals surface area contributed by atoms with E-state index in [1.165, 1.54) is 0 Å². The molecule has 3 aromatic rings. The van der Waals surface area contributed by atoms with E-state index in [2.05, 4.69) is 30.2 Å². The lowest BCUT2D eigenvalue weighted by Gasteiger charge is -2.28. The Labute approximate surface area is 193 Å².